The Morgan fingerprint density at radius 1 is 1.44 bits per heavy atom. The van der Waals surface area contributed by atoms with Gasteiger partial charge in [-0.25, -0.2) is 0 Å². The second kappa shape index (κ2) is 6.53. The molecule has 4 nitrogen and oxygen atoms in total. The van der Waals surface area contributed by atoms with Crippen molar-refractivity contribution in [2.45, 2.75) is 51.6 Å². The van der Waals surface area contributed by atoms with E-state index in [9.17, 15) is 4.79 Å². The third-order valence-corrected chi connectivity index (χ3v) is 3.91. The fourth-order valence-corrected chi connectivity index (χ4v) is 2.71. The van der Waals surface area contributed by atoms with E-state index < -0.39 is 0 Å². The normalized spacial score (nSPS) is 26.2. The van der Waals surface area contributed by atoms with Crippen LogP contribution in [0.4, 0.5) is 0 Å². The molecule has 0 spiro atoms. The first-order valence-corrected chi connectivity index (χ1v) is 7.32. The van der Waals surface area contributed by atoms with Crippen molar-refractivity contribution in [3.63, 3.8) is 0 Å². The SMILES string of the molecule is CCOC(=O)CC(C)NCC1CCN(C2CC2)C1. The monoisotopic (exact) mass is 254 g/mol. The molecule has 4 heteroatoms. The van der Waals surface area contributed by atoms with Crippen LogP contribution in [0, 0.1) is 5.92 Å². The Morgan fingerprint density at radius 3 is 2.89 bits per heavy atom. The predicted molar refractivity (Wildman–Crippen MR) is 71.4 cm³/mol. The molecule has 1 heterocycles. The summed E-state index contributed by atoms with van der Waals surface area (Å²) in [6.07, 6.45) is 4.58. The molecule has 2 atom stereocenters. The van der Waals surface area contributed by atoms with Crippen molar-refractivity contribution in [1.29, 1.82) is 0 Å². The predicted octanol–water partition coefficient (Wildman–Crippen LogP) is 1.40. The van der Waals surface area contributed by atoms with E-state index in [4.69, 9.17) is 4.74 Å². The minimum absolute atomic E-state index is 0.0940. The zero-order chi connectivity index (χ0) is 13.0. The molecule has 0 amide bonds. The molecular formula is C14H26N2O2. The molecule has 1 aliphatic carbocycles. The number of nitrogens with zero attached hydrogens (tertiary/aromatic N) is 1. The van der Waals surface area contributed by atoms with Gasteiger partial charge in [0.05, 0.1) is 13.0 Å². The van der Waals surface area contributed by atoms with Crippen LogP contribution in [0.3, 0.4) is 0 Å². The molecule has 0 aromatic rings. The summed E-state index contributed by atoms with van der Waals surface area (Å²) in [5.41, 5.74) is 0. The van der Waals surface area contributed by atoms with Crippen LogP contribution in [0.25, 0.3) is 0 Å². The number of esters is 1. The zero-order valence-corrected chi connectivity index (χ0v) is 11.7. The third-order valence-electron chi connectivity index (χ3n) is 3.91. The highest BCUT2D eigenvalue weighted by molar-refractivity contribution is 5.69. The maximum absolute atomic E-state index is 11.3. The van der Waals surface area contributed by atoms with E-state index in [1.165, 1.54) is 32.4 Å². The lowest BCUT2D eigenvalue weighted by atomic mass is 10.1. The highest BCUT2D eigenvalue weighted by Crippen LogP contribution is 2.31. The van der Waals surface area contributed by atoms with Gasteiger partial charge in [0.25, 0.3) is 0 Å². The van der Waals surface area contributed by atoms with Gasteiger partial charge >= 0.3 is 5.97 Å². The molecule has 1 N–H and O–H groups in total. The van der Waals surface area contributed by atoms with Gasteiger partial charge in [0.15, 0.2) is 0 Å². The van der Waals surface area contributed by atoms with E-state index in [1.807, 2.05) is 6.92 Å². The second-order valence-electron chi connectivity index (χ2n) is 5.70. The summed E-state index contributed by atoms with van der Waals surface area (Å²) in [7, 11) is 0. The van der Waals surface area contributed by atoms with Crippen molar-refractivity contribution in [3.05, 3.63) is 0 Å². The smallest absolute Gasteiger partial charge is 0.307 e. The van der Waals surface area contributed by atoms with Gasteiger partial charge in [0, 0.05) is 18.6 Å². The number of hydrogen-bond donors (Lipinski definition) is 1. The van der Waals surface area contributed by atoms with E-state index >= 15 is 0 Å². The number of carbonyl (C=O) groups excluding carboxylic acids is 1. The van der Waals surface area contributed by atoms with Crippen LogP contribution in [0.5, 0.6) is 0 Å². The van der Waals surface area contributed by atoms with E-state index in [1.54, 1.807) is 0 Å². The number of carbonyl (C=O) groups is 1. The molecule has 0 radical (unpaired) electrons. The Bertz CT molecular complexity index is 279. The quantitative estimate of drug-likeness (QED) is 0.697. The molecule has 0 bridgehead atoms. The van der Waals surface area contributed by atoms with Crippen molar-refractivity contribution in [1.82, 2.24) is 10.2 Å². The first-order chi connectivity index (χ1) is 8.69. The van der Waals surface area contributed by atoms with Crippen LogP contribution in [-0.2, 0) is 9.53 Å². The number of hydrogen-bond acceptors (Lipinski definition) is 4. The van der Waals surface area contributed by atoms with Crippen LogP contribution in [0.2, 0.25) is 0 Å². The summed E-state index contributed by atoms with van der Waals surface area (Å²) in [6.45, 7) is 7.92. The first kappa shape index (κ1) is 13.8. The summed E-state index contributed by atoms with van der Waals surface area (Å²) in [6, 6.07) is 1.12. The molecule has 18 heavy (non-hydrogen) atoms. The lowest BCUT2D eigenvalue weighted by molar-refractivity contribution is -0.143. The van der Waals surface area contributed by atoms with E-state index in [0.29, 0.717) is 13.0 Å². The van der Waals surface area contributed by atoms with Gasteiger partial charge in [-0.1, -0.05) is 0 Å². The third kappa shape index (κ3) is 4.25. The maximum atomic E-state index is 11.3. The van der Waals surface area contributed by atoms with E-state index in [-0.39, 0.29) is 12.0 Å². The fraction of sp³-hybridized carbons (Fsp3) is 0.929. The summed E-state index contributed by atoms with van der Waals surface area (Å²) in [5.74, 6) is 0.666. The van der Waals surface area contributed by atoms with Crippen LogP contribution in [-0.4, -0.2) is 49.2 Å². The van der Waals surface area contributed by atoms with E-state index in [0.717, 1.165) is 18.5 Å². The molecule has 2 fully saturated rings. The van der Waals surface area contributed by atoms with Crippen molar-refractivity contribution < 1.29 is 9.53 Å². The van der Waals surface area contributed by atoms with Crippen molar-refractivity contribution in [2.75, 3.05) is 26.2 Å². The Balaban J connectivity index is 1.58. The first-order valence-electron chi connectivity index (χ1n) is 7.32. The zero-order valence-electron chi connectivity index (χ0n) is 11.7. The van der Waals surface area contributed by atoms with Crippen LogP contribution >= 0.6 is 0 Å². The van der Waals surface area contributed by atoms with Gasteiger partial charge < -0.3 is 15.0 Å². The van der Waals surface area contributed by atoms with Gasteiger partial charge in [-0.3, -0.25) is 4.79 Å². The maximum Gasteiger partial charge on any atom is 0.307 e. The molecule has 1 saturated carbocycles. The molecule has 104 valence electrons. The van der Waals surface area contributed by atoms with Crippen LogP contribution in [0.1, 0.15) is 39.5 Å². The number of rotatable bonds is 7. The van der Waals surface area contributed by atoms with Gasteiger partial charge in [0.2, 0.25) is 0 Å². The fourth-order valence-electron chi connectivity index (χ4n) is 2.71. The number of nitrogens with one attached hydrogen (secondary N) is 1. The lowest BCUT2D eigenvalue weighted by Crippen LogP contribution is -2.34. The summed E-state index contributed by atoms with van der Waals surface area (Å²) in [5, 5.41) is 3.47. The number of likely N-dealkylation sites (tertiary alicyclic amines) is 1. The highest BCUT2D eigenvalue weighted by atomic mass is 16.5. The largest absolute Gasteiger partial charge is 0.466 e. The molecule has 2 rings (SSSR count). The minimum Gasteiger partial charge on any atom is -0.466 e. The molecule has 0 aromatic carbocycles. The summed E-state index contributed by atoms with van der Waals surface area (Å²) >= 11 is 0. The van der Waals surface area contributed by atoms with Crippen LogP contribution < -0.4 is 5.32 Å². The highest BCUT2D eigenvalue weighted by Gasteiger charge is 2.34. The van der Waals surface area contributed by atoms with Crippen molar-refractivity contribution >= 4 is 5.97 Å². The molecule has 2 unspecified atom stereocenters. The molecule has 1 aliphatic heterocycles. The Morgan fingerprint density at radius 2 is 2.22 bits per heavy atom. The number of ether oxygens (including phenoxy) is 1. The Labute approximate surface area is 110 Å². The standard InChI is InChI=1S/C14H26N2O2/c1-3-18-14(17)8-11(2)15-9-12-6-7-16(10-12)13-4-5-13/h11-13,15H,3-10H2,1-2H3. The van der Waals surface area contributed by atoms with Crippen molar-refractivity contribution in [3.8, 4) is 0 Å². The Kier molecular flexibility index (Phi) is 5.01. The van der Waals surface area contributed by atoms with E-state index in [2.05, 4.69) is 17.1 Å². The van der Waals surface area contributed by atoms with Crippen LogP contribution in [0.15, 0.2) is 0 Å². The van der Waals surface area contributed by atoms with Crippen molar-refractivity contribution in [2.24, 2.45) is 5.92 Å². The average Bonchev–Trinajstić information content (AvgIpc) is 3.06. The summed E-state index contributed by atoms with van der Waals surface area (Å²) in [4.78, 5) is 14.0. The molecular weight excluding hydrogens is 228 g/mol. The van der Waals surface area contributed by atoms with Gasteiger partial charge in [-0.2, -0.15) is 0 Å². The molecule has 2 aliphatic rings. The minimum atomic E-state index is -0.0940. The van der Waals surface area contributed by atoms with Gasteiger partial charge in [-0.05, 0) is 52.1 Å². The van der Waals surface area contributed by atoms with Gasteiger partial charge in [0.1, 0.15) is 0 Å². The lowest BCUT2D eigenvalue weighted by Gasteiger charge is -2.18. The summed E-state index contributed by atoms with van der Waals surface area (Å²) < 4.78 is 4.95. The average molecular weight is 254 g/mol. The Hall–Kier alpha value is -0.610. The second-order valence-corrected chi connectivity index (χ2v) is 5.70. The van der Waals surface area contributed by atoms with Gasteiger partial charge in [-0.15, -0.1) is 0 Å². The molecule has 1 saturated heterocycles. The molecule has 0 aromatic heterocycles. The topological polar surface area (TPSA) is 41.6 Å².